The standard InChI is InChI=1S/C29H23O3P/c30-28-20-29(18-17-21-9-7-8-14-25(21)29)26-16-15-22(19-27(26)31-28)32-33(23-10-3-1-4-11-23)24-12-5-2-6-13-24/h1-16,19H,17-18,20H2/t29-/m1/s1. The molecule has 1 atom stereocenters. The molecule has 0 N–H and O–H groups in total. The molecule has 33 heavy (non-hydrogen) atoms. The quantitative estimate of drug-likeness (QED) is 0.229. The Balaban J connectivity index is 1.40. The average molecular weight is 450 g/mol. The van der Waals surface area contributed by atoms with Crippen molar-refractivity contribution in [3.8, 4) is 11.5 Å². The van der Waals surface area contributed by atoms with Gasteiger partial charge in [-0.1, -0.05) is 91.0 Å². The second kappa shape index (κ2) is 8.17. The van der Waals surface area contributed by atoms with E-state index in [9.17, 15) is 4.79 Å². The van der Waals surface area contributed by atoms with Gasteiger partial charge in [-0.2, -0.15) is 0 Å². The van der Waals surface area contributed by atoms with Gasteiger partial charge in [-0.15, -0.1) is 0 Å². The first kappa shape index (κ1) is 20.2. The summed E-state index contributed by atoms with van der Waals surface area (Å²) in [5, 5.41) is 2.27. The van der Waals surface area contributed by atoms with Gasteiger partial charge in [0.05, 0.1) is 6.42 Å². The van der Waals surface area contributed by atoms with Crippen LogP contribution < -0.4 is 19.9 Å². The molecule has 0 bridgehead atoms. The molecule has 0 saturated heterocycles. The third kappa shape index (κ3) is 3.53. The lowest BCUT2D eigenvalue weighted by atomic mass is 9.71. The second-order valence-electron chi connectivity index (χ2n) is 8.60. The predicted molar refractivity (Wildman–Crippen MR) is 132 cm³/mol. The Labute approximate surface area is 194 Å². The number of carbonyl (C=O) groups is 1. The molecule has 1 heterocycles. The van der Waals surface area contributed by atoms with Gasteiger partial charge < -0.3 is 9.26 Å². The van der Waals surface area contributed by atoms with Crippen LogP contribution in [-0.2, 0) is 16.6 Å². The van der Waals surface area contributed by atoms with Crippen molar-refractivity contribution >= 4 is 24.7 Å². The number of esters is 1. The van der Waals surface area contributed by atoms with Crippen LogP contribution in [-0.4, -0.2) is 5.97 Å². The summed E-state index contributed by atoms with van der Waals surface area (Å²) in [7, 11) is -1.05. The average Bonchev–Trinajstić information content (AvgIpc) is 3.22. The largest absolute Gasteiger partial charge is 0.464 e. The van der Waals surface area contributed by atoms with Crippen LogP contribution in [0.25, 0.3) is 0 Å². The van der Waals surface area contributed by atoms with Gasteiger partial charge in [0.15, 0.2) is 8.15 Å². The molecule has 0 fully saturated rings. The molecule has 6 rings (SSSR count). The first-order valence-electron chi connectivity index (χ1n) is 11.2. The number of rotatable bonds is 4. The minimum Gasteiger partial charge on any atom is -0.464 e. The number of benzene rings is 4. The Bertz CT molecular complexity index is 1280. The minimum atomic E-state index is -1.05. The van der Waals surface area contributed by atoms with Gasteiger partial charge in [0.25, 0.3) is 0 Å². The van der Waals surface area contributed by atoms with Gasteiger partial charge in [-0.3, -0.25) is 4.79 Å². The first-order valence-corrected chi connectivity index (χ1v) is 12.5. The van der Waals surface area contributed by atoms with E-state index in [1.165, 1.54) is 11.1 Å². The lowest BCUT2D eigenvalue weighted by Gasteiger charge is -2.35. The summed E-state index contributed by atoms with van der Waals surface area (Å²) in [6, 6.07) is 35.1. The third-order valence-electron chi connectivity index (χ3n) is 6.67. The van der Waals surface area contributed by atoms with Crippen molar-refractivity contribution in [1.82, 2.24) is 0 Å². The summed E-state index contributed by atoms with van der Waals surface area (Å²) in [4.78, 5) is 12.7. The number of hydrogen-bond acceptors (Lipinski definition) is 3. The van der Waals surface area contributed by atoms with E-state index in [0.29, 0.717) is 17.9 Å². The van der Waals surface area contributed by atoms with Gasteiger partial charge in [0, 0.05) is 27.7 Å². The molecule has 1 aliphatic heterocycles. The van der Waals surface area contributed by atoms with Gasteiger partial charge in [0.2, 0.25) is 0 Å². The highest BCUT2D eigenvalue weighted by Gasteiger charge is 2.47. The van der Waals surface area contributed by atoms with Gasteiger partial charge >= 0.3 is 5.97 Å². The highest BCUT2D eigenvalue weighted by Crippen LogP contribution is 2.53. The minimum absolute atomic E-state index is 0.176. The van der Waals surface area contributed by atoms with Crippen molar-refractivity contribution in [2.75, 3.05) is 0 Å². The van der Waals surface area contributed by atoms with E-state index >= 15 is 0 Å². The summed E-state index contributed by atoms with van der Waals surface area (Å²) < 4.78 is 12.3. The normalized spacial score (nSPS) is 18.6. The SMILES string of the molecule is O=C1C[C@@]2(CCc3ccccc32)c2ccc(OP(c3ccccc3)c3ccccc3)cc2O1. The molecule has 0 amide bonds. The molecule has 162 valence electrons. The first-order chi connectivity index (χ1) is 16.2. The Kier molecular flexibility index (Phi) is 5.00. The number of hydrogen-bond donors (Lipinski definition) is 0. The number of aryl methyl sites for hydroxylation is 1. The summed E-state index contributed by atoms with van der Waals surface area (Å²) in [6.07, 6.45) is 2.29. The van der Waals surface area contributed by atoms with Crippen LogP contribution in [0.15, 0.2) is 103 Å². The maximum atomic E-state index is 12.7. The Morgan fingerprint density at radius 1 is 0.758 bits per heavy atom. The molecule has 4 heteroatoms. The highest BCUT2D eigenvalue weighted by atomic mass is 31.1. The molecule has 1 spiro atoms. The number of ether oxygens (including phenoxy) is 1. The van der Waals surface area contributed by atoms with Crippen molar-refractivity contribution in [2.24, 2.45) is 0 Å². The molecule has 0 aromatic heterocycles. The van der Waals surface area contributed by atoms with Crippen LogP contribution in [0.1, 0.15) is 29.5 Å². The Morgan fingerprint density at radius 3 is 2.15 bits per heavy atom. The summed E-state index contributed by atoms with van der Waals surface area (Å²) in [5.41, 5.74) is 3.37. The fraction of sp³-hybridized carbons (Fsp3) is 0.138. The van der Waals surface area contributed by atoms with E-state index in [2.05, 4.69) is 54.6 Å². The second-order valence-corrected chi connectivity index (χ2v) is 10.4. The van der Waals surface area contributed by atoms with Gasteiger partial charge in [0.1, 0.15) is 11.5 Å². The monoisotopic (exact) mass is 450 g/mol. The van der Waals surface area contributed by atoms with Crippen LogP contribution in [0.5, 0.6) is 11.5 Å². The number of fused-ring (bicyclic) bond motifs is 4. The van der Waals surface area contributed by atoms with E-state index in [0.717, 1.165) is 29.0 Å². The zero-order chi connectivity index (χ0) is 22.3. The van der Waals surface area contributed by atoms with E-state index < -0.39 is 8.15 Å². The van der Waals surface area contributed by atoms with E-state index in [1.54, 1.807) is 0 Å². The van der Waals surface area contributed by atoms with Crippen molar-refractivity contribution in [2.45, 2.75) is 24.7 Å². The van der Waals surface area contributed by atoms with Crippen LogP contribution in [0, 0.1) is 0 Å². The number of carbonyl (C=O) groups excluding carboxylic acids is 1. The zero-order valence-corrected chi connectivity index (χ0v) is 19.0. The van der Waals surface area contributed by atoms with Crippen molar-refractivity contribution < 1.29 is 14.1 Å². The molecule has 0 saturated carbocycles. The maximum Gasteiger partial charge on any atom is 0.312 e. The topological polar surface area (TPSA) is 35.5 Å². The van der Waals surface area contributed by atoms with E-state index in [-0.39, 0.29) is 11.4 Å². The highest BCUT2D eigenvalue weighted by molar-refractivity contribution is 7.68. The molecule has 3 nitrogen and oxygen atoms in total. The van der Waals surface area contributed by atoms with Crippen molar-refractivity contribution in [1.29, 1.82) is 0 Å². The molecule has 4 aromatic carbocycles. The Morgan fingerprint density at radius 2 is 1.42 bits per heavy atom. The summed E-state index contributed by atoms with van der Waals surface area (Å²) >= 11 is 0. The molecular formula is C29H23O3P. The van der Waals surface area contributed by atoms with Crippen LogP contribution in [0.2, 0.25) is 0 Å². The van der Waals surface area contributed by atoms with Crippen molar-refractivity contribution in [3.05, 3.63) is 120 Å². The molecule has 0 radical (unpaired) electrons. The van der Waals surface area contributed by atoms with Crippen LogP contribution in [0.3, 0.4) is 0 Å². The molecule has 4 aromatic rings. The van der Waals surface area contributed by atoms with Crippen molar-refractivity contribution in [3.63, 3.8) is 0 Å². The summed E-state index contributed by atoms with van der Waals surface area (Å²) in [6.45, 7) is 0. The molecule has 0 unspecified atom stereocenters. The smallest absolute Gasteiger partial charge is 0.312 e. The molecule has 2 aliphatic rings. The van der Waals surface area contributed by atoms with Gasteiger partial charge in [-0.05, 0) is 30.0 Å². The zero-order valence-electron chi connectivity index (χ0n) is 18.1. The lowest BCUT2D eigenvalue weighted by molar-refractivity contribution is -0.136. The summed E-state index contributed by atoms with van der Waals surface area (Å²) in [5.74, 6) is 1.16. The fourth-order valence-corrected chi connectivity index (χ4v) is 6.90. The van der Waals surface area contributed by atoms with E-state index in [1.807, 2.05) is 48.5 Å². The van der Waals surface area contributed by atoms with Crippen LogP contribution >= 0.6 is 8.15 Å². The maximum absolute atomic E-state index is 12.7. The fourth-order valence-electron chi connectivity index (χ4n) is 5.18. The Hall–Kier alpha value is -3.42. The molecular weight excluding hydrogens is 427 g/mol. The van der Waals surface area contributed by atoms with Gasteiger partial charge in [-0.25, -0.2) is 0 Å². The van der Waals surface area contributed by atoms with E-state index in [4.69, 9.17) is 9.26 Å². The van der Waals surface area contributed by atoms with Crippen LogP contribution in [0.4, 0.5) is 0 Å². The molecule has 1 aliphatic carbocycles. The lowest BCUT2D eigenvalue weighted by Crippen LogP contribution is -2.35. The third-order valence-corrected chi connectivity index (χ3v) is 8.60. The predicted octanol–water partition coefficient (Wildman–Crippen LogP) is 5.65.